The first-order chi connectivity index (χ1) is 14.6. The van der Waals surface area contributed by atoms with Crippen LogP contribution in [-0.2, 0) is 5.60 Å². The second-order valence-corrected chi connectivity index (χ2v) is 7.26. The highest BCUT2D eigenvalue weighted by Crippen LogP contribution is 2.41. The third-order valence-corrected chi connectivity index (χ3v) is 5.06. The summed E-state index contributed by atoms with van der Waals surface area (Å²) < 4.78 is 60.2. The van der Waals surface area contributed by atoms with Gasteiger partial charge in [0.15, 0.2) is 5.65 Å². The fourth-order valence-electron chi connectivity index (χ4n) is 3.24. The molecule has 1 unspecified atom stereocenters. The number of hydrogen-bond donors (Lipinski definition) is 3. The quantitative estimate of drug-likeness (QED) is 0.514. The topological polar surface area (TPSA) is 109 Å². The number of fused-ring (bicyclic) bond motifs is 1. The van der Waals surface area contributed by atoms with Crippen molar-refractivity contribution in [2.45, 2.75) is 30.9 Å². The van der Waals surface area contributed by atoms with E-state index in [4.69, 9.17) is 4.74 Å². The molecule has 9 nitrogen and oxygen atoms in total. The van der Waals surface area contributed by atoms with Crippen LogP contribution < -0.4 is 15.4 Å². The molecule has 0 bridgehead atoms. The van der Waals surface area contributed by atoms with E-state index in [9.17, 15) is 22.7 Å². The molecule has 1 aliphatic heterocycles. The van der Waals surface area contributed by atoms with Crippen molar-refractivity contribution >= 4 is 11.5 Å². The summed E-state index contributed by atoms with van der Waals surface area (Å²) in [5.41, 5.74) is -3.34. The summed E-state index contributed by atoms with van der Waals surface area (Å²) in [6.07, 6.45) is -1.95. The summed E-state index contributed by atoms with van der Waals surface area (Å²) in [6, 6.07) is 0.752. The van der Waals surface area contributed by atoms with Crippen LogP contribution in [0.25, 0.3) is 17.0 Å². The van der Waals surface area contributed by atoms with Crippen LogP contribution in [0.1, 0.15) is 12.6 Å². The molecule has 0 radical (unpaired) electrons. The molecule has 3 atom stereocenters. The molecule has 3 N–H and O–H groups in total. The van der Waals surface area contributed by atoms with Crippen LogP contribution in [0.4, 0.5) is 23.4 Å². The van der Waals surface area contributed by atoms with Gasteiger partial charge in [-0.25, -0.2) is 18.9 Å². The molecular formula is C18H19F4N7O2. The van der Waals surface area contributed by atoms with Crippen LogP contribution in [0, 0.1) is 0 Å². The number of nitrogens with zero attached hydrogens (tertiary/aromatic N) is 5. The second kappa shape index (κ2) is 7.57. The normalized spacial score (nSPS) is 21.3. The van der Waals surface area contributed by atoms with Gasteiger partial charge in [-0.2, -0.15) is 18.3 Å². The van der Waals surface area contributed by atoms with Gasteiger partial charge < -0.3 is 20.5 Å². The van der Waals surface area contributed by atoms with Gasteiger partial charge in [0.05, 0.1) is 31.7 Å². The Kier molecular flexibility index (Phi) is 5.17. The van der Waals surface area contributed by atoms with Gasteiger partial charge in [-0.05, 0) is 6.92 Å². The molecule has 1 fully saturated rings. The van der Waals surface area contributed by atoms with Crippen LogP contribution in [0.5, 0.6) is 5.75 Å². The monoisotopic (exact) mass is 441 g/mol. The van der Waals surface area contributed by atoms with Gasteiger partial charge >= 0.3 is 6.18 Å². The average molecular weight is 441 g/mol. The molecule has 13 heteroatoms. The Labute approximate surface area is 173 Å². The van der Waals surface area contributed by atoms with E-state index in [2.05, 4.69) is 30.7 Å². The zero-order valence-electron chi connectivity index (χ0n) is 16.5. The summed E-state index contributed by atoms with van der Waals surface area (Å²) >= 11 is 0. The number of methoxy groups -OCH3 is 1. The minimum atomic E-state index is -5.00. The van der Waals surface area contributed by atoms with Crippen molar-refractivity contribution < 1.29 is 27.4 Å². The lowest BCUT2D eigenvalue weighted by atomic mass is 10.0. The van der Waals surface area contributed by atoms with Crippen molar-refractivity contribution in [1.29, 1.82) is 0 Å². The van der Waals surface area contributed by atoms with E-state index in [1.165, 1.54) is 31.8 Å². The van der Waals surface area contributed by atoms with E-state index in [1.54, 1.807) is 0 Å². The van der Waals surface area contributed by atoms with Crippen molar-refractivity contribution in [1.82, 2.24) is 29.9 Å². The molecule has 4 heterocycles. The number of ether oxygens (including phenoxy) is 1. The third kappa shape index (κ3) is 3.74. The van der Waals surface area contributed by atoms with Crippen molar-refractivity contribution in [2.75, 3.05) is 25.5 Å². The van der Waals surface area contributed by atoms with Gasteiger partial charge in [-0.15, -0.1) is 0 Å². The van der Waals surface area contributed by atoms with Crippen LogP contribution in [0.3, 0.4) is 0 Å². The van der Waals surface area contributed by atoms with E-state index in [1.807, 2.05) is 0 Å². The average Bonchev–Trinajstić information content (AvgIpc) is 3.32. The summed E-state index contributed by atoms with van der Waals surface area (Å²) in [6.45, 7) is 1.24. The predicted octanol–water partition coefficient (Wildman–Crippen LogP) is 1.69. The zero-order chi connectivity index (χ0) is 22.4. The predicted molar refractivity (Wildman–Crippen MR) is 101 cm³/mol. The molecule has 3 aromatic rings. The van der Waals surface area contributed by atoms with Gasteiger partial charge in [-0.1, -0.05) is 0 Å². The van der Waals surface area contributed by atoms with Crippen molar-refractivity contribution in [3.63, 3.8) is 0 Å². The molecule has 1 saturated heterocycles. The lowest BCUT2D eigenvalue weighted by molar-refractivity contribution is -0.261. The smallest absolute Gasteiger partial charge is 0.422 e. The van der Waals surface area contributed by atoms with E-state index in [-0.39, 0.29) is 29.3 Å². The Morgan fingerprint density at radius 2 is 2.03 bits per heavy atom. The highest BCUT2D eigenvalue weighted by atomic mass is 19.4. The summed E-state index contributed by atoms with van der Waals surface area (Å²) in [4.78, 5) is 12.6. The van der Waals surface area contributed by atoms with E-state index in [0.717, 1.165) is 4.52 Å². The van der Waals surface area contributed by atoms with E-state index < -0.39 is 29.7 Å². The molecule has 0 spiro atoms. The van der Waals surface area contributed by atoms with Crippen molar-refractivity contribution in [3.05, 3.63) is 30.4 Å². The standard InChI is InChI=1S/C18H19F4N7O2/c1-17(30,18(20,21)22)16-13(31-2)3-15-25-7-12(29(15)28-16)11-6-24-8-14(27-11)26-10-5-23-4-9(10)19/h3,6-10,23,30H,4-5H2,1-2H3,(H,26,27)/t9-,10-,17?/m0/s1. The maximum absolute atomic E-state index is 13.9. The maximum Gasteiger partial charge on any atom is 0.422 e. The Hall–Kier alpha value is -3.06. The Balaban J connectivity index is 1.77. The van der Waals surface area contributed by atoms with E-state index in [0.29, 0.717) is 19.3 Å². The number of nitrogens with one attached hydrogen (secondary N) is 2. The Morgan fingerprint density at radius 1 is 1.26 bits per heavy atom. The van der Waals surface area contributed by atoms with E-state index >= 15 is 0 Å². The van der Waals surface area contributed by atoms with Gasteiger partial charge in [0.25, 0.3) is 0 Å². The molecule has 0 aliphatic carbocycles. The number of imidazole rings is 1. The Bertz CT molecular complexity index is 1100. The minimum absolute atomic E-state index is 0.178. The number of rotatable bonds is 5. The van der Waals surface area contributed by atoms with Gasteiger partial charge in [-0.3, -0.25) is 4.98 Å². The summed E-state index contributed by atoms with van der Waals surface area (Å²) in [7, 11) is 1.17. The second-order valence-electron chi connectivity index (χ2n) is 7.26. The number of aliphatic hydroxyl groups is 1. The first kappa shape index (κ1) is 21.2. The van der Waals surface area contributed by atoms with Crippen LogP contribution in [0.15, 0.2) is 24.7 Å². The van der Waals surface area contributed by atoms with Crippen LogP contribution in [0.2, 0.25) is 0 Å². The molecule has 1 aliphatic rings. The molecular weight excluding hydrogens is 422 g/mol. The first-order valence-electron chi connectivity index (χ1n) is 9.28. The number of aromatic nitrogens is 5. The largest absolute Gasteiger partial charge is 0.495 e. The molecule has 0 saturated carbocycles. The van der Waals surface area contributed by atoms with Crippen LogP contribution >= 0.6 is 0 Å². The fourth-order valence-corrected chi connectivity index (χ4v) is 3.24. The minimum Gasteiger partial charge on any atom is -0.495 e. The highest BCUT2D eigenvalue weighted by molar-refractivity contribution is 5.61. The van der Waals surface area contributed by atoms with Crippen LogP contribution in [-0.4, -0.2) is 68.3 Å². The first-order valence-corrected chi connectivity index (χ1v) is 9.28. The lowest BCUT2D eigenvalue weighted by Crippen LogP contribution is -2.40. The number of anilines is 1. The summed E-state index contributed by atoms with van der Waals surface area (Å²) in [5, 5.41) is 20.0. The third-order valence-electron chi connectivity index (χ3n) is 5.06. The molecule has 4 rings (SSSR count). The molecule has 31 heavy (non-hydrogen) atoms. The molecule has 0 amide bonds. The Morgan fingerprint density at radius 3 is 2.68 bits per heavy atom. The van der Waals surface area contributed by atoms with Gasteiger partial charge in [0.1, 0.15) is 34.8 Å². The number of halogens is 4. The molecule has 166 valence electrons. The maximum atomic E-state index is 13.9. The fraction of sp³-hybridized carbons (Fsp3) is 0.444. The van der Waals surface area contributed by atoms with Crippen molar-refractivity contribution in [3.8, 4) is 17.1 Å². The molecule has 3 aromatic heterocycles. The molecule has 0 aromatic carbocycles. The van der Waals surface area contributed by atoms with Crippen molar-refractivity contribution in [2.24, 2.45) is 0 Å². The zero-order valence-corrected chi connectivity index (χ0v) is 16.5. The SMILES string of the molecule is COc1cc2ncc(-c3cncc(N[C@H]4CNC[C@@H]4F)n3)n2nc1C(C)(O)C(F)(F)F. The number of hydrogen-bond acceptors (Lipinski definition) is 8. The lowest BCUT2D eigenvalue weighted by Gasteiger charge is -2.26. The van der Waals surface area contributed by atoms with Gasteiger partial charge in [0.2, 0.25) is 5.60 Å². The number of alkyl halides is 4. The highest BCUT2D eigenvalue weighted by Gasteiger charge is 2.54. The van der Waals surface area contributed by atoms with Gasteiger partial charge in [0, 0.05) is 19.2 Å². The summed E-state index contributed by atoms with van der Waals surface area (Å²) in [5.74, 6) is 0.0241.